The molecule has 0 amide bonds. The molecule has 0 bridgehead atoms. The maximum atomic E-state index is 5.91. The van der Waals surface area contributed by atoms with Crippen molar-refractivity contribution in [2.24, 2.45) is 5.73 Å². The van der Waals surface area contributed by atoms with Gasteiger partial charge in [-0.15, -0.1) is 12.4 Å². The minimum absolute atomic E-state index is 0. The van der Waals surface area contributed by atoms with Crippen LogP contribution in [0.25, 0.3) is 0 Å². The Hall–Kier alpha value is 0.600. The largest absolute Gasteiger partial charge is 0.328 e. The van der Waals surface area contributed by atoms with Crippen molar-refractivity contribution in [1.82, 2.24) is 0 Å². The monoisotopic (exact) mass is 193 g/mol. The smallest absolute Gasteiger partial charge is 0.0174 e. The fraction of sp³-hybridized carbons (Fsp3) is 1.00. The van der Waals surface area contributed by atoms with E-state index in [1.54, 1.807) is 0 Å². The Morgan fingerprint density at radius 2 is 2.09 bits per heavy atom. The normalized spacial score (nSPS) is 34.1. The van der Waals surface area contributed by atoms with Gasteiger partial charge in [0, 0.05) is 10.8 Å². The van der Waals surface area contributed by atoms with Gasteiger partial charge in [-0.2, -0.15) is 11.8 Å². The molecule has 1 aliphatic carbocycles. The molecule has 1 aliphatic heterocycles. The quantitative estimate of drug-likeness (QED) is 0.639. The SMILES string of the molecule is Cl.NC1CCSC2(CCC2)C1. The first kappa shape index (κ1) is 9.69. The highest BCUT2D eigenvalue weighted by Crippen LogP contribution is 2.50. The van der Waals surface area contributed by atoms with Crippen molar-refractivity contribution in [3.05, 3.63) is 0 Å². The summed E-state index contributed by atoms with van der Waals surface area (Å²) >= 11 is 2.18. The molecular formula is C8H16ClNS. The van der Waals surface area contributed by atoms with Crippen molar-refractivity contribution >= 4 is 24.2 Å². The van der Waals surface area contributed by atoms with Crippen LogP contribution in [0.1, 0.15) is 32.1 Å². The van der Waals surface area contributed by atoms with E-state index in [-0.39, 0.29) is 12.4 Å². The maximum Gasteiger partial charge on any atom is 0.0174 e. The molecule has 0 aromatic carbocycles. The van der Waals surface area contributed by atoms with Crippen LogP contribution in [-0.4, -0.2) is 16.5 Å². The van der Waals surface area contributed by atoms with E-state index in [9.17, 15) is 0 Å². The van der Waals surface area contributed by atoms with Gasteiger partial charge in [0.15, 0.2) is 0 Å². The van der Waals surface area contributed by atoms with E-state index in [1.807, 2.05) is 0 Å². The Bertz CT molecular complexity index is 136. The molecule has 3 heteroatoms. The number of hydrogen-bond donors (Lipinski definition) is 1. The van der Waals surface area contributed by atoms with Crippen molar-refractivity contribution < 1.29 is 0 Å². The molecule has 2 N–H and O–H groups in total. The lowest BCUT2D eigenvalue weighted by molar-refractivity contribution is 0.307. The molecule has 1 unspecified atom stereocenters. The Labute approximate surface area is 78.9 Å². The Morgan fingerprint density at radius 3 is 2.45 bits per heavy atom. The fourth-order valence-electron chi connectivity index (χ4n) is 1.99. The second kappa shape index (κ2) is 3.55. The molecule has 0 radical (unpaired) electrons. The number of halogens is 1. The van der Waals surface area contributed by atoms with E-state index in [2.05, 4.69) is 11.8 Å². The zero-order valence-corrected chi connectivity index (χ0v) is 8.35. The van der Waals surface area contributed by atoms with Crippen LogP contribution in [0, 0.1) is 0 Å². The highest BCUT2D eigenvalue weighted by atomic mass is 35.5. The third-order valence-electron chi connectivity index (χ3n) is 2.80. The molecule has 1 spiro atoms. The molecular weight excluding hydrogens is 178 g/mol. The van der Waals surface area contributed by atoms with Gasteiger partial charge in [0.1, 0.15) is 0 Å². The van der Waals surface area contributed by atoms with E-state index in [0.717, 1.165) is 0 Å². The van der Waals surface area contributed by atoms with E-state index in [4.69, 9.17) is 5.73 Å². The van der Waals surface area contributed by atoms with Gasteiger partial charge in [-0.05, 0) is 31.4 Å². The van der Waals surface area contributed by atoms with E-state index < -0.39 is 0 Å². The van der Waals surface area contributed by atoms with Gasteiger partial charge in [0.25, 0.3) is 0 Å². The molecule has 0 aromatic rings. The first-order valence-electron chi connectivity index (χ1n) is 4.20. The third-order valence-corrected chi connectivity index (χ3v) is 4.42. The van der Waals surface area contributed by atoms with Crippen molar-refractivity contribution in [2.45, 2.75) is 42.9 Å². The summed E-state index contributed by atoms with van der Waals surface area (Å²) in [6.45, 7) is 0. The molecule has 1 nitrogen and oxygen atoms in total. The summed E-state index contributed by atoms with van der Waals surface area (Å²) in [4.78, 5) is 0. The molecule has 1 heterocycles. The minimum Gasteiger partial charge on any atom is -0.328 e. The maximum absolute atomic E-state index is 5.91. The summed E-state index contributed by atoms with van der Waals surface area (Å²) in [6, 6.07) is 0.515. The molecule has 2 aliphatic rings. The van der Waals surface area contributed by atoms with Crippen LogP contribution in [0.4, 0.5) is 0 Å². The van der Waals surface area contributed by atoms with Crippen LogP contribution >= 0.6 is 24.2 Å². The van der Waals surface area contributed by atoms with Crippen molar-refractivity contribution in [3.8, 4) is 0 Å². The number of rotatable bonds is 0. The van der Waals surface area contributed by atoms with Gasteiger partial charge in [0.2, 0.25) is 0 Å². The second-order valence-corrected chi connectivity index (χ2v) is 5.20. The summed E-state index contributed by atoms with van der Waals surface area (Å²) in [5, 5.41) is 0. The number of hydrogen-bond acceptors (Lipinski definition) is 2. The van der Waals surface area contributed by atoms with Crippen molar-refractivity contribution in [1.29, 1.82) is 0 Å². The van der Waals surface area contributed by atoms with Gasteiger partial charge in [-0.25, -0.2) is 0 Å². The van der Waals surface area contributed by atoms with E-state index in [1.165, 1.54) is 37.9 Å². The summed E-state index contributed by atoms with van der Waals surface area (Å²) in [5.74, 6) is 1.31. The predicted octanol–water partition coefficient (Wildman–Crippen LogP) is 2.19. The standard InChI is InChI=1S/C8H15NS.ClH/c9-7-2-5-10-8(6-7)3-1-4-8;/h7H,1-6,9H2;1H. The molecule has 1 saturated heterocycles. The van der Waals surface area contributed by atoms with Crippen LogP contribution in [-0.2, 0) is 0 Å². The van der Waals surface area contributed by atoms with Crippen molar-refractivity contribution in [3.63, 3.8) is 0 Å². The van der Waals surface area contributed by atoms with Crippen LogP contribution in [0.2, 0.25) is 0 Å². The van der Waals surface area contributed by atoms with Crippen molar-refractivity contribution in [2.75, 3.05) is 5.75 Å². The molecule has 0 aromatic heterocycles. The summed E-state index contributed by atoms with van der Waals surface area (Å²) < 4.78 is 0.664. The zero-order chi connectivity index (χ0) is 7.03. The Balaban J connectivity index is 0.000000605. The molecule has 2 fully saturated rings. The molecule has 11 heavy (non-hydrogen) atoms. The molecule has 1 saturated carbocycles. The fourth-order valence-corrected chi connectivity index (χ4v) is 3.75. The lowest BCUT2D eigenvalue weighted by Crippen LogP contribution is -2.43. The molecule has 66 valence electrons. The zero-order valence-electron chi connectivity index (χ0n) is 6.71. The number of thioether (sulfide) groups is 1. The summed E-state index contributed by atoms with van der Waals surface area (Å²) in [7, 11) is 0. The van der Waals surface area contributed by atoms with Crippen LogP contribution < -0.4 is 5.73 Å². The highest BCUT2D eigenvalue weighted by Gasteiger charge is 2.40. The van der Waals surface area contributed by atoms with Crippen LogP contribution in [0.15, 0.2) is 0 Å². The van der Waals surface area contributed by atoms with E-state index in [0.29, 0.717) is 10.8 Å². The van der Waals surface area contributed by atoms with Gasteiger partial charge in [-0.1, -0.05) is 6.42 Å². The van der Waals surface area contributed by atoms with Gasteiger partial charge < -0.3 is 5.73 Å². The first-order chi connectivity index (χ1) is 4.81. The molecule has 1 atom stereocenters. The minimum atomic E-state index is 0. The Morgan fingerprint density at radius 1 is 1.36 bits per heavy atom. The lowest BCUT2D eigenvalue weighted by Gasteiger charge is -2.46. The van der Waals surface area contributed by atoms with Crippen LogP contribution in [0.3, 0.4) is 0 Å². The molecule has 2 rings (SSSR count). The summed E-state index contributed by atoms with van der Waals surface area (Å²) in [5.41, 5.74) is 5.91. The number of nitrogens with two attached hydrogens (primary N) is 1. The lowest BCUT2D eigenvalue weighted by atomic mass is 9.79. The second-order valence-electron chi connectivity index (χ2n) is 3.64. The first-order valence-corrected chi connectivity index (χ1v) is 5.19. The predicted molar refractivity (Wildman–Crippen MR) is 53.5 cm³/mol. The topological polar surface area (TPSA) is 26.0 Å². The van der Waals surface area contributed by atoms with Gasteiger partial charge in [0.05, 0.1) is 0 Å². The Kier molecular flexibility index (Phi) is 3.12. The average molecular weight is 194 g/mol. The van der Waals surface area contributed by atoms with Crippen LogP contribution in [0.5, 0.6) is 0 Å². The highest BCUT2D eigenvalue weighted by molar-refractivity contribution is 8.00. The third kappa shape index (κ3) is 1.85. The van der Waals surface area contributed by atoms with Gasteiger partial charge >= 0.3 is 0 Å². The van der Waals surface area contributed by atoms with Gasteiger partial charge in [-0.3, -0.25) is 0 Å². The van der Waals surface area contributed by atoms with E-state index >= 15 is 0 Å². The average Bonchev–Trinajstić information content (AvgIpc) is 1.85. The summed E-state index contributed by atoms with van der Waals surface area (Å²) in [6.07, 6.45) is 6.85.